The van der Waals surface area contributed by atoms with Gasteiger partial charge in [-0.05, 0) is 49.6 Å². The summed E-state index contributed by atoms with van der Waals surface area (Å²) in [5, 5.41) is 13.6. The fourth-order valence-electron chi connectivity index (χ4n) is 2.28. The summed E-state index contributed by atoms with van der Waals surface area (Å²) in [5.74, 6) is 0.650. The number of thiophene rings is 1. The van der Waals surface area contributed by atoms with Crippen LogP contribution in [0.25, 0.3) is 10.7 Å². The first-order valence-corrected chi connectivity index (χ1v) is 9.73. The summed E-state index contributed by atoms with van der Waals surface area (Å²) in [6.45, 7) is 3.33. The average Bonchev–Trinajstić information content (AvgIpc) is 3.26. The van der Waals surface area contributed by atoms with Crippen molar-refractivity contribution in [2.45, 2.75) is 24.3 Å². The van der Waals surface area contributed by atoms with Crippen molar-refractivity contribution in [2.75, 3.05) is 5.32 Å². The Morgan fingerprint density at radius 2 is 1.92 bits per heavy atom. The molecule has 0 aliphatic heterocycles. The van der Waals surface area contributed by atoms with Crippen molar-refractivity contribution in [2.24, 2.45) is 7.05 Å². The third-order valence-electron chi connectivity index (χ3n) is 3.79. The Morgan fingerprint density at radius 1 is 1.19 bits per heavy atom. The second kappa shape index (κ2) is 7.84. The molecule has 0 bridgehead atoms. The first kappa shape index (κ1) is 18.3. The molecule has 0 spiro atoms. The van der Waals surface area contributed by atoms with Crippen molar-refractivity contribution >= 4 is 40.5 Å². The van der Waals surface area contributed by atoms with Crippen LogP contribution in [0.15, 0.2) is 46.9 Å². The minimum absolute atomic E-state index is 0.00405. The quantitative estimate of drug-likeness (QED) is 0.514. The van der Waals surface area contributed by atoms with Crippen molar-refractivity contribution in [3.8, 4) is 10.7 Å². The Hall–Kier alpha value is -2.45. The lowest BCUT2D eigenvalue weighted by molar-refractivity contribution is -0.115. The van der Waals surface area contributed by atoms with Crippen LogP contribution in [0, 0.1) is 0 Å². The van der Waals surface area contributed by atoms with Gasteiger partial charge in [-0.3, -0.25) is 9.59 Å². The second-order valence-electron chi connectivity index (χ2n) is 5.73. The van der Waals surface area contributed by atoms with Crippen LogP contribution in [0.2, 0.25) is 0 Å². The van der Waals surface area contributed by atoms with E-state index < -0.39 is 0 Å². The molecule has 0 saturated heterocycles. The highest BCUT2D eigenvalue weighted by Crippen LogP contribution is 2.28. The molecular formula is C18H18N4O2S2. The zero-order valence-electron chi connectivity index (χ0n) is 14.6. The number of carbonyl (C=O) groups is 2. The predicted octanol–water partition coefficient (Wildman–Crippen LogP) is 3.87. The molecule has 26 heavy (non-hydrogen) atoms. The number of anilines is 1. The third-order valence-corrected chi connectivity index (χ3v) is 5.79. The van der Waals surface area contributed by atoms with E-state index in [2.05, 4.69) is 15.5 Å². The van der Waals surface area contributed by atoms with Gasteiger partial charge < -0.3 is 9.88 Å². The first-order chi connectivity index (χ1) is 12.5. The van der Waals surface area contributed by atoms with E-state index in [0.29, 0.717) is 16.4 Å². The van der Waals surface area contributed by atoms with E-state index in [0.717, 1.165) is 10.7 Å². The number of hydrogen-bond donors (Lipinski definition) is 1. The Labute approximate surface area is 159 Å². The zero-order chi connectivity index (χ0) is 18.7. The van der Waals surface area contributed by atoms with E-state index in [1.54, 1.807) is 35.6 Å². The van der Waals surface area contributed by atoms with E-state index in [9.17, 15) is 9.59 Å². The molecule has 0 aliphatic carbocycles. The summed E-state index contributed by atoms with van der Waals surface area (Å²) in [7, 11) is 1.89. The van der Waals surface area contributed by atoms with Crippen LogP contribution in [0.5, 0.6) is 0 Å². The summed E-state index contributed by atoms with van der Waals surface area (Å²) in [6.07, 6.45) is 0. The maximum Gasteiger partial charge on any atom is 0.237 e. The molecule has 0 radical (unpaired) electrons. The van der Waals surface area contributed by atoms with Crippen molar-refractivity contribution < 1.29 is 9.59 Å². The van der Waals surface area contributed by atoms with Gasteiger partial charge in [-0.25, -0.2) is 0 Å². The lowest BCUT2D eigenvalue weighted by Gasteiger charge is -2.12. The number of aromatic nitrogens is 3. The van der Waals surface area contributed by atoms with Crippen LogP contribution in [-0.2, 0) is 11.8 Å². The molecule has 0 saturated carbocycles. The van der Waals surface area contributed by atoms with Gasteiger partial charge in [0.2, 0.25) is 5.91 Å². The number of hydrogen-bond acceptors (Lipinski definition) is 6. The minimum atomic E-state index is -0.346. The maximum absolute atomic E-state index is 12.4. The standard InChI is InChI=1S/C18H18N4O2S2/c1-11(23)13-6-8-14(9-7-13)19-17(24)12(2)26-18-21-20-16(22(18)3)15-5-4-10-25-15/h4-10,12H,1-3H3,(H,19,24). The van der Waals surface area contributed by atoms with Crippen LogP contribution in [0.4, 0.5) is 5.69 Å². The van der Waals surface area contributed by atoms with E-state index >= 15 is 0 Å². The van der Waals surface area contributed by atoms with Crippen molar-refractivity contribution in [1.82, 2.24) is 14.8 Å². The molecule has 2 heterocycles. The fourth-order valence-corrected chi connectivity index (χ4v) is 3.84. The smallest absolute Gasteiger partial charge is 0.237 e. The van der Waals surface area contributed by atoms with Crippen molar-refractivity contribution in [1.29, 1.82) is 0 Å². The Balaban J connectivity index is 1.65. The number of thioether (sulfide) groups is 1. The van der Waals surface area contributed by atoms with E-state index in [1.165, 1.54) is 18.7 Å². The normalized spacial score (nSPS) is 12.0. The predicted molar refractivity (Wildman–Crippen MR) is 105 cm³/mol. The molecule has 1 aromatic carbocycles. The van der Waals surface area contributed by atoms with Crippen molar-refractivity contribution in [3.63, 3.8) is 0 Å². The number of amides is 1. The highest BCUT2D eigenvalue weighted by atomic mass is 32.2. The molecular weight excluding hydrogens is 368 g/mol. The lowest BCUT2D eigenvalue weighted by atomic mass is 10.1. The van der Waals surface area contributed by atoms with Gasteiger partial charge in [0.05, 0.1) is 10.1 Å². The van der Waals surface area contributed by atoms with E-state index in [4.69, 9.17) is 0 Å². The molecule has 2 aromatic heterocycles. The summed E-state index contributed by atoms with van der Waals surface area (Å²) in [6, 6.07) is 10.8. The first-order valence-electron chi connectivity index (χ1n) is 7.97. The number of benzene rings is 1. The van der Waals surface area contributed by atoms with Gasteiger partial charge in [-0.2, -0.15) is 0 Å². The second-order valence-corrected chi connectivity index (χ2v) is 7.98. The molecule has 6 nitrogen and oxygen atoms in total. The van der Waals surface area contributed by atoms with Crippen LogP contribution in [0.3, 0.4) is 0 Å². The van der Waals surface area contributed by atoms with Gasteiger partial charge in [0.15, 0.2) is 16.8 Å². The molecule has 8 heteroatoms. The van der Waals surface area contributed by atoms with Crippen LogP contribution >= 0.6 is 23.1 Å². The summed E-state index contributed by atoms with van der Waals surface area (Å²) in [5.41, 5.74) is 1.27. The fraction of sp³-hybridized carbons (Fsp3) is 0.222. The average molecular weight is 387 g/mol. The largest absolute Gasteiger partial charge is 0.325 e. The summed E-state index contributed by atoms with van der Waals surface area (Å²) >= 11 is 2.95. The van der Waals surface area contributed by atoms with E-state index in [-0.39, 0.29) is 16.9 Å². The molecule has 1 unspecified atom stereocenters. The van der Waals surface area contributed by atoms with Crippen molar-refractivity contribution in [3.05, 3.63) is 47.3 Å². The number of ketones is 1. The molecule has 3 aromatic rings. The zero-order valence-corrected chi connectivity index (χ0v) is 16.2. The molecule has 1 N–H and O–H groups in total. The third kappa shape index (κ3) is 4.03. The van der Waals surface area contributed by atoms with Crippen LogP contribution in [-0.4, -0.2) is 31.7 Å². The molecule has 1 amide bonds. The summed E-state index contributed by atoms with van der Waals surface area (Å²) < 4.78 is 1.89. The van der Waals surface area contributed by atoms with Gasteiger partial charge in [0.25, 0.3) is 0 Å². The van der Waals surface area contributed by atoms with Gasteiger partial charge in [0.1, 0.15) is 0 Å². The van der Waals surface area contributed by atoms with Gasteiger partial charge in [0, 0.05) is 18.3 Å². The molecule has 3 rings (SSSR count). The lowest BCUT2D eigenvalue weighted by Crippen LogP contribution is -2.22. The number of carbonyl (C=O) groups excluding carboxylic acids is 2. The molecule has 0 fully saturated rings. The Morgan fingerprint density at radius 3 is 2.54 bits per heavy atom. The van der Waals surface area contributed by atoms with E-state index in [1.807, 2.05) is 36.1 Å². The van der Waals surface area contributed by atoms with Crippen LogP contribution < -0.4 is 5.32 Å². The number of rotatable bonds is 6. The Bertz CT molecular complexity index is 917. The number of nitrogens with one attached hydrogen (secondary N) is 1. The summed E-state index contributed by atoms with van der Waals surface area (Å²) in [4.78, 5) is 24.8. The molecule has 1 atom stereocenters. The number of nitrogens with zero attached hydrogens (tertiary/aromatic N) is 3. The highest BCUT2D eigenvalue weighted by Gasteiger charge is 2.19. The minimum Gasteiger partial charge on any atom is -0.325 e. The highest BCUT2D eigenvalue weighted by molar-refractivity contribution is 8.00. The maximum atomic E-state index is 12.4. The van der Waals surface area contributed by atoms with Gasteiger partial charge >= 0.3 is 0 Å². The van der Waals surface area contributed by atoms with Gasteiger partial charge in [-0.15, -0.1) is 21.5 Å². The number of Topliss-reactive ketones (excluding diaryl/α,β-unsaturated/α-hetero) is 1. The monoisotopic (exact) mass is 386 g/mol. The SMILES string of the molecule is CC(=O)c1ccc(NC(=O)C(C)Sc2nnc(-c3cccs3)n2C)cc1. The molecule has 134 valence electrons. The molecule has 0 aliphatic rings. The Kier molecular flexibility index (Phi) is 5.53. The van der Waals surface area contributed by atoms with Gasteiger partial charge in [-0.1, -0.05) is 17.8 Å². The van der Waals surface area contributed by atoms with Crippen LogP contribution in [0.1, 0.15) is 24.2 Å². The topological polar surface area (TPSA) is 76.9 Å².